The first-order chi connectivity index (χ1) is 11.9. The zero-order chi connectivity index (χ0) is 18.1. The van der Waals surface area contributed by atoms with Crippen molar-refractivity contribution in [1.82, 2.24) is 9.97 Å². The SMILES string of the molecule is CCOc1ccc2nc(C(N)=O)c(N)c(-c3cccc(O)c3C)c2n1. The Bertz CT molecular complexity index is 986. The Morgan fingerprint density at radius 2 is 2.00 bits per heavy atom. The van der Waals surface area contributed by atoms with E-state index >= 15 is 0 Å². The Morgan fingerprint density at radius 1 is 1.24 bits per heavy atom. The Morgan fingerprint density at radius 3 is 2.68 bits per heavy atom. The van der Waals surface area contributed by atoms with E-state index in [9.17, 15) is 9.90 Å². The second kappa shape index (κ2) is 6.27. The maximum Gasteiger partial charge on any atom is 0.269 e. The molecule has 0 unspecified atom stereocenters. The lowest BCUT2D eigenvalue weighted by Crippen LogP contribution is -2.17. The van der Waals surface area contributed by atoms with E-state index in [0.29, 0.717) is 40.2 Å². The van der Waals surface area contributed by atoms with E-state index in [1.165, 1.54) is 0 Å². The highest BCUT2D eigenvalue weighted by atomic mass is 16.5. The number of aromatic nitrogens is 2. The van der Waals surface area contributed by atoms with Crippen LogP contribution in [0.5, 0.6) is 11.6 Å². The van der Waals surface area contributed by atoms with Crippen molar-refractivity contribution in [2.24, 2.45) is 5.73 Å². The molecule has 1 aromatic carbocycles. The number of pyridine rings is 2. The number of phenolic OH excluding ortho intramolecular Hbond substituents is 1. The van der Waals surface area contributed by atoms with Gasteiger partial charge < -0.3 is 21.3 Å². The number of rotatable bonds is 4. The van der Waals surface area contributed by atoms with Gasteiger partial charge in [0.1, 0.15) is 11.3 Å². The second-order valence-electron chi connectivity index (χ2n) is 5.51. The van der Waals surface area contributed by atoms with Crippen molar-refractivity contribution in [2.75, 3.05) is 12.3 Å². The molecule has 2 heterocycles. The summed E-state index contributed by atoms with van der Waals surface area (Å²) in [5.41, 5.74) is 14.4. The maximum atomic E-state index is 11.8. The monoisotopic (exact) mass is 338 g/mol. The quantitative estimate of drug-likeness (QED) is 0.671. The van der Waals surface area contributed by atoms with Crippen LogP contribution in [-0.2, 0) is 0 Å². The molecule has 5 N–H and O–H groups in total. The number of anilines is 1. The molecule has 0 spiro atoms. The van der Waals surface area contributed by atoms with Crippen LogP contribution in [0.15, 0.2) is 30.3 Å². The van der Waals surface area contributed by atoms with Crippen molar-refractivity contribution in [3.8, 4) is 22.8 Å². The van der Waals surface area contributed by atoms with E-state index in [2.05, 4.69) is 9.97 Å². The largest absolute Gasteiger partial charge is 0.508 e. The molecule has 7 nitrogen and oxygen atoms in total. The number of ether oxygens (including phenoxy) is 1. The number of hydrogen-bond donors (Lipinski definition) is 3. The number of primary amides is 1. The Balaban J connectivity index is 2.44. The minimum absolute atomic E-state index is 0.0313. The third kappa shape index (κ3) is 2.80. The van der Waals surface area contributed by atoms with E-state index < -0.39 is 5.91 Å². The zero-order valence-corrected chi connectivity index (χ0v) is 13.9. The number of fused-ring (bicyclic) bond motifs is 1. The van der Waals surface area contributed by atoms with Crippen LogP contribution in [0.4, 0.5) is 5.69 Å². The Labute approximate surface area is 144 Å². The van der Waals surface area contributed by atoms with Gasteiger partial charge in [0.15, 0.2) is 5.69 Å². The van der Waals surface area contributed by atoms with Crippen molar-refractivity contribution < 1.29 is 14.6 Å². The fraction of sp³-hybridized carbons (Fsp3) is 0.167. The van der Waals surface area contributed by atoms with Gasteiger partial charge in [-0.2, -0.15) is 0 Å². The van der Waals surface area contributed by atoms with Gasteiger partial charge in [0.25, 0.3) is 5.91 Å². The average Bonchev–Trinajstić information content (AvgIpc) is 2.57. The van der Waals surface area contributed by atoms with E-state index in [1.54, 1.807) is 37.3 Å². The number of amides is 1. The van der Waals surface area contributed by atoms with Gasteiger partial charge in [0, 0.05) is 11.6 Å². The predicted molar refractivity (Wildman–Crippen MR) is 95.5 cm³/mol. The standard InChI is InChI=1S/C18H18N4O3/c1-3-25-13-8-7-11-16(22-13)14(15(19)17(21-11)18(20)24)10-5-4-6-12(23)9(10)2/h4-8,23H,3,19H2,1-2H3,(H2,20,24). The van der Waals surface area contributed by atoms with E-state index in [-0.39, 0.29) is 17.1 Å². The van der Waals surface area contributed by atoms with E-state index in [4.69, 9.17) is 16.2 Å². The van der Waals surface area contributed by atoms with Gasteiger partial charge in [0.05, 0.1) is 17.8 Å². The second-order valence-corrected chi connectivity index (χ2v) is 5.51. The van der Waals surface area contributed by atoms with E-state index in [0.717, 1.165) is 0 Å². The van der Waals surface area contributed by atoms with Gasteiger partial charge in [-0.15, -0.1) is 0 Å². The molecule has 0 saturated heterocycles. The summed E-state index contributed by atoms with van der Waals surface area (Å²) >= 11 is 0. The molecule has 7 heteroatoms. The summed E-state index contributed by atoms with van der Waals surface area (Å²) in [7, 11) is 0. The summed E-state index contributed by atoms with van der Waals surface area (Å²) in [5.74, 6) is -0.196. The van der Waals surface area contributed by atoms with Crippen molar-refractivity contribution in [1.29, 1.82) is 0 Å². The first-order valence-electron chi connectivity index (χ1n) is 7.75. The smallest absolute Gasteiger partial charge is 0.269 e. The topological polar surface area (TPSA) is 124 Å². The lowest BCUT2D eigenvalue weighted by Gasteiger charge is -2.15. The zero-order valence-electron chi connectivity index (χ0n) is 13.9. The van der Waals surface area contributed by atoms with Crippen molar-refractivity contribution in [2.45, 2.75) is 13.8 Å². The number of benzene rings is 1. The van der Waals surface area contributed by atoms with Gasteiger partial charge in [-0.3, -0.25) is 4.79 Å². The molecule has 0 radical (unpaired) electrons. The molecule has 25 heavy (non-hydrogen) atoms. The molecule has 0 fully saturated rings. The third-order valence-corrected chi connectivity index (χ3v) is 3.94. The molecule has 0 aliphatic carbocycles. The molecule has 0 aliphatic heterocycles. The molecule has 3 rings (SSSR count). The number of nitrogens with zero attached hydrogens (tertiary/aromatic N) is 2. The molecule has 128 valence electrons. The van der Waals surface area contributed by atoms with E-state index in [1.807, 2.05) is 6.92 Å². The first-order valence-corrected chi connectivity index (χ1v) is 7.75. The highest BCUT2D eigenvalue weighted by Crippen LogP contribution is 2.38. The number of hydrogen-bond acceptors (Lipinski definition) is 6. The summed E-state index contributed by atoms with van der Waals surface area (Å²) in [6, 6.07) is 8.42. The molecule has 0 aliphatic rings. The summed E-state index contributed by atoms with van der Waals surface area (Å²) in [5, 5.41) is 10.0. The molecule has 0 bridgehead atoms. The summed E-state index contributed by atoms with van der Waals surface area (Å²) in [6.07, 6.45) is 0. The predicted octanol–water partition coefficient (Wildman–Crippen LogP) is 2.39. The molecular weight excluding hydrogens is 320 g/mol. The number of nitrogens with two attached hydrogens (primary N) is 2. The van der Waals surface area contributed by atoms with Crippen molar-refractivity contribution in [3.05, 3.63) is 41.6 Å². The molecular formula is C18H18N4O3. The van der Waals surface area contributed by atoms with Crippen molar-refractivity contribution >= 4 is 22.6 Å². The third-order valence-electron chi connectivity index (χ3n) is 3.94. The fourth-order valence-corrected chi connectivity index (χ4v) is 2.72. The molecule has 0 saturated carbocycles. The van der Waals surface area contributed by atoms with Crippen molar-refractivity contribution in [3.63, 3.8) is 0 Å². The Hall–Kier alpha value is -3.35. The fourth-order valence-electron chi connectivity index (χ4n) is 2.72. The highest BCUT2D eigenvalue weighted by Gasteiger charge is 2.21. The number of nitrogen functional groups attached to an aromatic ring is 1. The highest BCUT2D eigenvalue weighted by molar-refractivity contribution is 6.07. The Kier molecular flexibility index (Phi) is 4.14. The lowest BCUT2D eigenvalue weighted by molar-refractivity contribution is 0.0997. The number of phenols is 1. The molecule has 2 aromatic heterocycles. The summed E-state index contributed by atoms with van der Waals surface area (Å²) < 4.78 is 5.46. The van der Waals surface area contributed by atoms with Gasteiger partial charge in [0.2, 0.25) is 5.88 Å². The normalized spacial score (nSPS) is 10.8. The number of carbonyl (C=O) groups excluding carboxylic acids is 1. The summed E-state index contributed by atoms with van der Waals surface area (Å²) in [6.45, 7) is 4.07. The average molecular weight is 338 g/mol. The van der Waals surface area contributed by atoms with Crippen LogP contribution in [0.25, 0.3) is 22.2 Å². The van der Waals surface area contributed by atoms with Crippen LogP contribution < -0.4 is 16.2 Å². The minimum atomic E-state index is -0.729. The first kappa shape index (κ1) is 16.5. The van der Waals surface area contributed by atoms with Crippen LogP contribution in [0.3, 0.4) is 0 Å². The maximum absolute atomic E-state index is 11.8. The summed E-state index contributed by atoms with van der Waals surface area (Å²) in [4.78, 5) is 20.5. The van der Waals surface area contributed by atoms with Gasteiger partial charge in [-0.25, -0.2) is 9.97 Å². The van der Waals surface area contributed by atoms with Gasteiger partial charge >= 0.3 is 0 Å². The van der Waals surface area contributed by atoms with Crippen LogP contribution in [0.1, 0.15) is 23.0 Å². The number of aromatic hydroxyl groups is 1. The number of carbonyl (C=O) groups is 1. The minimum Gasteiger partial charge on any atom is -0.508 e. The molecule has 3 aromatic rings. The van der Waals surface area contributed by atoms with Crippen LogP contribution in [0.2, 0.25) is 0 Å². The van der Waals surface area contributed by atoms with Gasteiger partial charge in [-0.1, -0.05) is 12.1 Å². The lowest BCUT2D eigenvalue weighted by atomic mass is 9.96. The van der Waals surface area contributed by atoms with Crippen LogP contribution in [-0.4, -0.2) is 27.6 Å². The van der Waals surface area contributed by atoms with Gasteiger partial charge in [-0.05, 0) is 37.1 Å². The molecule has 0 atom stereocenters. The van der Waals surface area contributed by atoms with Crippen LogP contribution >= 0.6 is 0 Å². The molecule has 1 amide bonds. The van der Waals surface area contributed by atoms with Crippen LogP contribution in [0, 0.1) is 6.92 Å².